The Balaban J connectivity index is 2.26. The second-order valence-electron chi connectivity index (χ2n) is 5.68. The average Bonchev–Trinajstić information content (AvgIpc) is 2.61. The highest BCUT2D eigenvalue weighted by Crippen LogP contribution is 2.22. The largest absolute Gasteiger partial charge is 0.496 e. The van der Waals surface area contributed by atoms with E-state index < -0.39 is 22.0 Å². The Labute approximate surface area is 167 Å². The third-order valence-electron chi connectivity index (χ3n) is 3.77. The summed E-state index contributed by atoms with van der Waals surface area (Å²) in [6.45, 7) is 1.87. The molecule has 26 heavy (non-hydrogen) atoms. The van der Waals surface area contributed by atoms with Crippen molar-refractivity contribution in [1.82, 2.24) is 4.72 Å². The summed E-state index contributed by atoms with van der Waals surface area (Å²) in [5, 5.41) is 0. The zero-order valence-corrected chi connectivity index (χ0v) is 17.6. The fraction of sp³-hybridized carbons (Fsp3) is 0.278. The van der Waals surface area contributed by atoms with Crippen molar-refractivity contribution in [2.75, 3.05) is 14.2 Å². The van der Waals surface area contributed by atoms with Crippen molar-refractivity contribution in [3.63, 3.8) is 0 Å². The van der Waals surface area contributed by atoms with E-state index in [1.807, 2.05) is 13.0 Å². The molecule has 0 aliphatic carbocycles. The molecule has 2 aromatic carbocycles. The number of halogens is 1. The van der Waals surface area contributed by atoms with Gasteiger partial charge >= 0.3 is 5.97 Å². The zero-order chi connectivity index (χ0) is 19.3. The summed E-state index contributed by atoms with van der Waals surface area (Å²) in [5.41, 5.74) is 1.73. The number of hydrogen-bond acceptors (Lipinski definition) is 5. The Bertz CT molecular complexity index is 881. The molecule has 0 heterocycles. The van der Waals surface area contributed by atoms with Crippen LogP contribution in [0, 0.1) is 10.5 Å². The van der Waals surface area contributed by atoms with Gasteiger partial charge in [0.15, 0.2) is 0 Å². The molecule has 1 N–H and O–H groups in total. The van der Waals surface area contributed by atoms with Gasteiger partial charge in [0.1, 0.15) is 11.8 Å². The number of carbonyl (C=O) groups excluding carboxylic acids is 1. The van der Waals surface area contributed by atoms with Crippen molar-refractivity contribution >= 4 is 38.6 Å². The molecule has 8 heteroatoms. The normalized spacial score (nSPS) is 12.5. The minimum absolute atomic E-state index is 0.0984. The van der Waals surface area contributed by atoms with Gasteiger partial charge in [0.2, 0.25) is 10.0 Å². The molecule has 0 spiro atoms. The Morgan fingerprint density at radius 1 is 1.15 bits per heavy atom. The molecule has 2 aromatic rings. The lowest BCUT2D eigenvalue weighted by molar-refractivity contribution is -0.142. The van der Waals surface area contributed by atoms with E-state index in [1.54, 1.807) is 31.4 Å². The van der Waals surface area contributed by atoms with Gasteiger partial charge in [-0.25, -0.2) is 8.42 Å². The lowest BCUT2D eigenvalue weighted by atomic mass is 10.1. The molecule has 0 radical (unpaired) electrons. The van der Waals surface area contributed by atoms with Crippen LogP contribution in [0.3, 0.4) is 0 Å². The Kier molecular flexibility index (Phi) is 7.01. The van der Waals surface area contributed by atoms with Crippen molar-refractivity contribution < 1.29 is 22.7 Å². The highest BCUT2D eigenvalue weighted by Gasteiger charge is 2.27. The lowest BCUT2D eigenvalue weighted by Gasteiger charge is -2.17. The molecule has 0 saturated carbocycles. The maximum atomic E-state index is 12.6. The molecule has 140 valence electrons. The van der Waals surface area contributed by atoms with Crippen molar-refractivity contribution in [1.29, 1.82) is 0 Å². The van der Waals surface area contributed by atoms with Gasteiger partial charge in [0.25, 0.3) is 0 Å². The number of rotatable bonds is 7. The Hall–Kier alpha value is -1.65. The summed E-state index contributed by atoms with van der Waals surface area (Å²) in [6, 6.07) is 10.8. The molecular weight excluding hydrogens is 469 g/mol. The van der Waals surface area contributed by atoms with Gasteiger partial charge in [-0.3, -0.25) is 4.79 Å². The molecule has 0 fully saturated rings. The van der Waals surface area contributed by atoms with E-state index in [2.05, 4.69) is 27.3 Å². The molecule has 2 rings (SSSR count). The SMILES string of the molecule is COC(=O)[C@H](Cc1ccc(OC)c(I)c1)NS(=O)(=O)c1ccc(C)cc1. The van der Waals surface area contributed by atoms with Crippen molar-refractivity contribution in [3.8, 4) is 5.75 Å². The summed E-state index contributed by atoms with van der Waals surface area (Å²) in [5.74, 6) is 0.0655. The number of sulfonamides is 1. The van der Waals surface area contributed by atoms with Crippen LogP contribution in [0.1, 0.15) is 11.1 Å². The Morgan fingerprint density at radius 2 is 1.81 bits per heavy atom. The van der Waals surface area contributed by atoms with Crippen LogP contribution in [0.2, 0.25) is 0 Å². The van der Waals surface area contributed by atoms with Gasteiger partial charge in [-0.15, -0.1) is 0 Å². The van der Waals surface area contributed by atoms with Crippen LogP contribution in [0.15, 0.2) is 47.4 Å². The topological polar surface area (TPSA) is 81.7 Å². The van der Waals surface area contributed by atoms with Crippen molar-refractivity contribution in [2.45, 2.75) is 24.3 Å². The molecule has 0 aliphatic heterocycles. The first-order valence-electron chi connectivity index (χ1n) is 7.76. The number of benzene rings is 2. The maximum absolute atomic E-state index is 12.6. The quantitative estimate of drug-likeness (QED) is 0.478. The summed E-state index contributed by atoms with van der Waals surface area (Å²) in [6.07, 6.45) is 0.164. The first-order valence-corrected chi connectivity index (χ1v) is 10.3. The van der Waals surface area contributed by atoms with Crippen LogP contribution in [-0.2, 0) is 26.0 Å². The third-order valence-corrected chi connectivity index (χ3v) is 6.10. The monoisotopic (exact) mass is 489 g/mol. The van der Waals surface area contributed by atoms with Crippen LogP contribution in [0.5, 0.6) is 5.75 Å². The second kappa shape index (κ2) is 8.83. The molecule has 0 aliphatic rings. The molecule has 0 unspecified atom stereocenters. The molecule has 0 saturated heterocycles. The highest BCUT2D eigenvalue weighted by molar-refractivity contribution is 14.1. The molecule has 0 bridgehead atoms. The summed E-state index contributed by atoms with van der Waals surface area (Å²) in [4.78, 5) is 12.2. The first kappa shape index (κ1) is 20.7. The van der Waals surface area contributed by atoms with Crippen LogP contribution in [0.4, 0.5) is 0 Å². The summed E-state index contributed by atoms with van der Waals surface area (Å²) < 4.78 is 38.5. The minimum atomic E-state index is -3.85. The third kappa shape index (κ3) is 5.18. The molecule has 0 amide bonds. The second-order valence-corrected chi connectivity index (χ2v) is 8.56. The Morgan fingerprint density at radius 3 is 2.35 bits per heavy atom. The molecule has 6 nitrogen and oxygen atoms in total. The first-order chi connectivity index (χ1) is 12.3. The van der Waals surface area contributed by atoms with E-state index in [0.717, 1.165) is 14.7 Å². The number of methoxy groups -OCH3 is 2. The fourth-order valence-electron chi connectivity index (χ4n) is 2.36. The van der Waals surface area contributed by atoms with E-state index in [-0.39, 0.29) is 11.3 Å². The van der Waals surface area contributed by atoms with Crippen molar-refractivity contribution in [2.24, 2.45) is 0 Å². The predicted octanol–water partition coefficient (Wildman–Crippen LogP) is 2.67. The number of aryl methyl sites for hydroxylation is 1. The number of carbonyl (C=O) groups is 1. The van der Waals surface area contributed by atoms with Gasteiger partial charge < -0.3 is 9.47 Å². The number of esters is 1. The van der Waals surface area contributed by atoms with Crippen LogP contribution >= 0.6 is 22.6 Å². The number of ether oxygens (including phenoxy) is 2. The highest BCUT2D eigenvalue weighted by atomic mass is 127. The van der Waals surface area contributed by atoms with Crippen LogP contribution < -0.4 is 9.46 Å². The smallest absolute Gasteiger partial charge is 0.324 e. The number of nitrogens with one attached hydrogen (secondary N) is 1. The molecule has 1 atom stereocenters. The van der Waals surface area contributed by atoms with Gasteiger partial charge in [-0.1, -0.05) is 23.8 Å². The molecular formula is C18H20INO5S. The molecule has 0 aromatic heterocycles. The average molecular weight is 489 g/mol. The summed E-state index contributed by atoms with van der Waals surface area (Å²) >= 11 is 2.12. The van der Waals surface area contributed by atoms with Crippen LogP contribution in [-0.4, -0.2) is 34.6 Å². The maximum Gasteiger partial charge on any atom is 0.324 e. The van der Waals surface area contributed by atoms with E-state index in [4.69, 9.17) is 9.47 Å². The van der Waals surface area contributed by atoms with Gasteiger partial charge in [0, 0.05) is 0 Å². The van der Waals surface area contributed by atoms with E-state index >= 15 is 0 Å². The lowest BCUT2D eigenvalue weighted by Crippen LogP contribution is -2.43. The number of hydrogen-bond donors (Lipinski definition) is 1. The standard InChI is InChI=1S/C18H20INO5S/c1-12-4-7-14(8-5-12)26(22,23)20-16(18(21)25-3)11-13-6-9-17(24-2)15(19)10-13/h4-10,16,20H,11H2,1-3H3/t16-/m0/s1. The van der Waals surface area contributed by atoms with Crippen LogP contribution in [0.25, 0.3) is 0 Å². The fourth-order valence-corrected chi connectivity index (χ4v) is 4.35. The summed E-state index contributed by atoms with van der Waals surface area (Å²) in [7, 11) is -1.05. The minimum Gasteiger partial charge on any atom is -0.496 e. The predicted molar refractivity (Wildman–Crippen MR) is 107 cm³/mol. The van der Waals surface area contributed by atoms with Gasteiger partial charge in [-0.2, -0.15) is 4.72 Å². The zero-order valence-electron chi connectivity index (χ0n) is 14.7. The van der Waals surface area contributed by atoms with Gasteiger partial charge in [-0.05, 0) is 65.8 Å². The van der Waals surface area contributed by atoms with E-state index in [0.29, 0.717) is 5.75 Å². The van der Waals surface area contributed by atoms with Crippen molar-refractivity contribution in [3.05, 3.63) is 57.2 Å². The van der Waals surface area contributed by atoms with E-state index in [9.17, 15) is 13.2 Å². The van der Waals surface area contributed by atoms with Gasteiger partial charge in [0.05, 0.1) is 22.7 Å². The van der Waals surface area contributed by atoms with E-state index in [1.165, 1.54) is 19.2 Å².